The van der Waals surface area contributed by atoms with E-state index in [-0.39, 0.29) is 0 Å². The molecule has 254 valence electrons. The zero-order valence-electron chi connectivity index (χ0n) is 29.6. The normalized spacial score (nSPS) is 11.3. The molecule has 0 saturated carbocycles. The van der Waals surface area contributed by atoms with Gasteiger partial charge in [0.15, 0.2) is 0 Å². The quantitative estimate of drug-likeness (QED) is 0.166. The molecule has 10 aromatic rings. The van der Waals surface area contributed by atoms with Crippen molar-refractivity contribution < 1.29 is 4.42 Å². The summed E-state index contributed by atoms with van der Waals surface area (Å²) in [4.78, 5) is 2.38. The summed E-state index contributed by atoms with van der Waals surface area (Å²) in [5.74, 6) is 0. The lowest BCUT2D eigenvalue weighted by molar-refractivity contribution is 0.669. The molecule has 10 rings (SSSR count). The Kier molecular flexibility index (Phi) is 7.85. The average molecular weight is 690 g/mol. The van der Waals surface area contributed by atoms with E-state index in [0.717, 1.165) is 55.7 Å². The van der Waals surface area contributed by atoms with Gasteiger partial charge in [-0.1, -0.05) is 158 Å². The first-order valence-electron chi connectivity index (χ1n) is 18.4. The fraction of sp³-hybridized carbons (Fsp3) is 0. The molecule has 0 radical (unpaired) electrons. The van der Waals surface area contributed by atoms with E-state index in [1.54, 1.807) is 0 Å². The summed E-state index contributed by atoms with van der Waals surface area (Å²) >= 11 is 0. The van der Waals surface area contributed by atoms with Crippen LogP contribution in [0, 0.1) is 0 Å². The van der Waals surface area contributed by atoms with Crippen LogP contribution >= 0.6 is 0 Å². The fourth-order valence-electron chi connectivity index (χ4n) is 7.82. The average Bonchev–Trinajstić information content (AvgIpc) is 3.62. The molecule has 0 aliphatic carbocycles. The van der Waals surface area contributed by atoms with E-state index in [0.29, 0.717) is 0 Å². The number of para-hydroxylation sites is 2. The molecule has 0 fully saturated rings. The summed E-state index contributed by atoms with van der Waals surface area (Å²) < 4.78 is 6.36. The molecule has 2 heteroatoms. The monoisotopic (exact) mass is 689 g/mol. The predicted octanol–water partition coefficient (Wildman–Crippen LogP) is 14.9. The van der Waals surface area contributed by atoms with E-state index in [1.165, 1.54) is 38.6 Å². The van der Waals surface area contributed by atoms with Crippen LogP contribution in [0.1, 0.15) is 0 Å². The highest BCUT2D eigenvalue weighted by Gasteiger charge is 2.19. The highest BCUT2D eigenvalue weighted by molar-refractivity contribution is 6.06. The topological polar surface area (TPSA) is 16.4 Å². The Hall–Kier alpha value is -7.16. The molecular formula is C52H35NO. The van der Waals surface area contributed by atoms with Gasteiger partial charge in [0.05, 0.1) is 5.69 Å². The minimum atomic E-state index is 0.884. The van der Waals surface area contributed by atoms with Crippen LogP contribution in [0.5, 0.6) is 0 Å². The first-order chi connectivity index (χ1) is 26.8. The highest BCUT2D eigenvalue weighted by Crippen LogP contribution is 2.44. The summed E-state index contributed by atoms with van der Waals surface area (Å²) in [6.45, 7) is 0. The largest absolute Gasteiger partial charge is 0.456 e. The number of hydrogen-bond donors (Lipinski definition) is 0. The molecule has 1 aromatic heterocycles. The second-order valence-corrected chi connectivity index (χ2v) is 13.7. The van der Waals surface area contributed by atoms with Crippen LogP contribution in [-0.4, -0.2) is 0 Å². The van der Waals surface area contributed by atoms with E-state index < -0.39 is 0 Å². The number of rotatable bonds is 7. The molecule has 2 nitrogen and oxygen atoms in total. The maximum Gasteiger partial charge on any atom is 0.136 e. The van der Waals surface area contributed by atoms with Crippen LogP contribution in [0.2, 0.25) is 0 Å². The van der Waals surface area contributed by atoms with Crippen LogP contribution in [0.3, 0.4) is 0 Å². The van der Waals surface area contributed by atoms with Crippen molar-refractivity contribution in [1.29, 1.82) is 0 Å². The molecular weight excluding hydrogens is 655 g/mol. The van der Waals surface area contributed by atoms with Crippen molar-refractivity contribution in [3.05, 3.63) is 212 Å². The van der Waals surface area contributed by atoms with Gasteiger partial charge in [0.25, 0.3) is 0 Å². The molecule has 0 spiro atoms. The Labute approximate surface area is 314 Å². The second-order valence-electron chi connectivity index (χ2n) is 13.7. The van der Waals surface area contributed by atoms with E-state index in [1.807, 2.05) is 12.1 Å². The zero-order chi connectivity index (χ0) is 35.8. The van der Waals surface area contributed by atoms with Crippen LogP contribution in [-0.2, 0) is 0 Å². The zero-order valence-corrected chi connectivity index (χ0v) is 29.6. The van der Waals surface area contributed by atoms with Crippen LogP contribution in [0.15, 0.2) is 217 Å². The van der Waals surface area contributed by atoms with Crippen LogP contribution < -0.4 is 4.90 Å². The Balaban J connectivity index is 1.13. The number of nitrogens with zero attached hydrogens (tertiary/aromatic N) is 1. The third-order valence-corrected chi connectivity index (χ3v) is 10.5. The third-order valence-electron chi connectivity index (χ3n) is 10.5. The molecule has 1 heterocycles. The van der Waals surface area contributed by atoms with Gasteiger partial charge >= 0.3 is 0 Å². The minimum absolute atomic E-state index is 0.884. The molecule has 0 N–H and O–H groups in total. The number of benzene rings is 9. The van der Waals surface area contributed by atoms with Gasteiger partial charge in [-0.15, -0.1) is 0 Å². The summed E-state index contributed by atoms with van der Waals surface area (Å²) in [6.07, 6.45) is 0. The molecule has 0 aliphatic rings. The summed E-state index contributed by atoms with van der Waals surface area (Å²) in [7, 11) is 0. The Morgan fingerprint density at radius 1 is 0.296 bits per heavy atom. The van der Waals surface area contributed by atoms with Gasteiger partial charge in [-0.2, -0.15) is 0 Å². The smallest absolute Gasteiger partial charge is 0.136 e. The molecule has 0 atom stereocenters. The van der Waals surface area contributed by atoms with Crippen LogP contribution in [0.25, 0.3) is 77.2 Å². The van der Waals surface area contributed by atoms with Gasteiger partial charge < -0.3 is 9.32 Å². The van der Waals surface area contributed by atoms with Crippen molar-refractivity contribution >= 4 is 49.8 Å². The van der Waals surface area contributed by atoms with E-state index >= 15 is 0 Å². The molecule has 0 bridgehead atoms. The van der Waals surface area contributed by atoms with E-state index in [9.17, 15) is 0 Å². The molecule has 9 aromatic carbocycles. The van der Waals surface area contributed by atoms with Gasteiger partial charge in [0, 0.05) is 27.7 Å². The highest BCUT2D eigenvalue weighted by atomic mass is 16.3. The Bertz CT molecular complexity index is 2940. The Morgan fingerprint density at radius 3 is 1.70 bits per heavy atom. The van der Waals surface area contributed by atoms with Crippen molar-refractivity contribution in [2.75, 3.05) is 4.90 Å². The SMILES string of the molecule is c1ccc(-c2ccc(N(c3cccc(-c4ccccc4-c4ccc5ccccc5c4)c3)c3ccccc3-c3ccc4c(c3)oc3ccccc34)cc2)cc1. The van der Waals surface area contributed by atoms with Gasteiger partial charge in [0.1, 0.15) is 11.2 Å². The van der Waals surface area contributed by atoms with Crippen molar-refractivity contribution in [3.63, 3.8) is 0 Å². The second kappa shape index (κ2) is 13.4. The van der Waals surface area contributed by atoms with Gasteiger partial charge in [-0.05, 0) is 104 Å². The fourth-order valence-corrected chi connectivity index (χ4v) is 7.82. The first kappa shape index (κ1) is 31.6. The number of furan rings is 1. The predicted molar refractivity (Wildman–Crippen MR) is 228 cm³/mol. The van der Waals surface area contributed by atoms with E-state index in [4.69, 9.17) is 4.42 Å². The van der Waals surface area contributed by atoms with Crippen molar-refractivity contribution in [2.45, 2.75) is 0 Å². The first-order valence-corrected chi connectivity index (χ1v) is 18.4. The van der Waals surface area contributed by atoms with Gasteiger partial charge in [-0.3, -0.25) is 0 Å². The minimum Gasteiger partial charge on any atom is -0.456 e. The maximum absolute atomic E-state index is 6.36. The van der Waals surface area contributed by atoms with E-state index in [2.05, 4.69) is 205 Å². The number of fused-ring (bicyclic) bond motifs is 4. The third kappa shape index (κ3) is 5.71. The summed E-state index contributed by atoms with van der Waals surface area (Å²) in [5.41, 5.74) is 14.4. The van der Waals surface area contributed by atoms with Gasteiger partial charge in [-0.25, -0.2) is 0 Å². The summed E-state index contributed by atoms with van der Waals surface area (Å²) in [6, 6.07) is 76.0. The van der Waals surface area contributed by atoms with Crippen molar-refractivity contribution in [1.82, 2.24) is 0 Å². The molecule has 0 amide bonds. The maximum atomic E-state index is 6.36. The van der Waals surface area contributed by atoms with Crippen molar-refractivity contribution in [2.24, 2.45) is 0 Å². The molecule has 0 aliphatic heterocycles. The summed E-state index contributed by atoms with van der Waals surface area (Å²) in [5, 5.41) is 4.74. The Morgan fingerprint density at radius 2 is 0.870 bits per heavy atom. The van der Waals surface area contributed by atoms with Crippen LogP contribution in [0.4, 0.5) is 17.1 Å². The molecule has 0 unspecified atom stereocenters. The lowest BCUT2D eigenvalue weighted by Crippen LogP contribution is -2.11. The lowest BCUT2D eigenvalue weighted by atomic mass is 9.93. The van der Waals surface area contributed by atoms with Gasteiger partial charge in [0.2, 0.25) is 0 Å². The number of anilines is 3. The van der Waals surface area contributed by atoms with Crippen molar-refractivity contribution in [3.8, 4) is 44.5 Å². The standard InChI is InChI=1S/C52H35NO/c1-2-13-36(14-3-1)38-27-30-43(31-28-38)53(50-23-10-8-21-47(50)42-29-32-49-48-22-9-11-24-51(48)54-52(49)35-42)44-18-12-17-40(34-44)45-19-6-7-20-46(45)41-26-25-37-15-4-5-16-39(37)33-41/h1-35H. The lowest BCUT2D eigenvalue weighted by Gasteiger charge is -2.28. The molecule has 54 heavy (non-hydrogen) atoms. The number of hydrogen-bond acceptors (Lipinski definition) is 2. The molecule has 0 saturated heterocycles.